The Balaban J connectivity index is 1.70. The Morgan fingerprint density at radius 3 is 2.45 bits per heavy atom. The Morgan fingerprint density at radius 1 is 1.15 bits per heavy atom. The molecule has 0 bridgehead atoms. The second-order valence-electron chi connectivity index (χ2n) is 9.95. The van der Waals surface area contributed by atoms with E-state index in [1.54, 1.807) is 0 Å². The van der Waals surface area contributed by atoms with E-state index in [9.17, 15) is 14.4 Å². The Bertz CT molecular complexity index is 831. The van der Waals surface area contributed by atoms with Gasteiger partial charge in [0.2, 0.25) is 17.6 Å². The molecule has 0 spiro atoms. The van der Waals surface area contributed by atoms with Crippen LogP contribution >= 0.6 is 11.8 Å². The highest BCUT2D eigenvalue weighted by Gasteiger charge is 2.45. The quantitative estimate of drug-likeness (QED) is 0.347. The molecule has 1 heterocycles. The zero-order chi connectivity index (χ0) is 24.0. The summed E-state index contributed by atoms with van der Waals surface area (Å²) in [7, 11) is 3.96. The molecule has 2 aliphatic carbocycles. The van der Waals surface area contributed by atoms with Gasteiger partial charge in [-0.3, -0.25) is 14.4 Å². The highest BCUT2D eigenvalue weighted by molar-refractivity contribution is 7.99. The summed E-state index contributed by atoms with van der Waals surface area (Å²) in [5.74, 6) is 0.144. The lowest BCUT2D eigenvalue weighted by Gasteiger charge is -2.37. The lowest BCUT2D eigenvalue weighted by Crippen LogP contribution is -2.62. The van der Waals surface area contributed by atoms with Crippen molar-refractivity contribution in [3.63, 3.8) is 0 Å². The maximum Gasteiger partial charge on any atom is 0.286 e. The van der Waals surface area contributed by atoms with E-state index < -0.39 is 11.6 Å². The van der Waals surface area contributed by atoms with E-state index in [1.807, 2.05) is 32.8 Å². The average molecular weight is 480 g/mol. The van der Waals surface area contributed by atoms with Gasteiger partial charge in [0, 0.05) is 18.2 Å². The summed E-state index contributed by atoms with van der Waals surface area (Å²) in [5, 5.41) is 14.3. The third-order valence-corrected chi connectivity index (χ3v) is 6.96. The topological polar surface area (TPSA) is 117 Å². The van der Waals surface area contributed by atoms with Gasteiger partial charge in [-0.2, -0.15) is 0 Å². The molecular weight excluding hydrogens is 442 g/mol. The fourth-order valence-corrected chi connectivity index (χ4v) is 4.95. The molecule has 1 unspecified atom stereocenters. The Kier molecular flexibility index (Phi) is 8.92. The van der Waals surface area contributed by atoms with Crippen LogP contribution < -0.4 is 10.6 Å². The van der Waals surface area contributed by atoms with Crippen LogP contribution in [0.5, 0.6) is 0 Å². The van der Waals surface area contributed by atoms with Gasteiger partial charge >= 0.3 is 0 Å². The predicted molar refractivity (Wildman–Crippen MR) is 126 cm³/mol. The monoisotopic (exact) mass is 479 g/mol. The van der Waals surface area contributed by atoms with E-state index in [0.29, 0.717) is 24.5 Å². The van der Waals surface area contributed by atoms with Crippen LogP contribution in [-0.4, -0.2) is 70.7 Å². The SMILES string of the molecule is CC(C)CC(NC(=O)C1(NC(=O)C2CC2)CCCCC1)C(=O)c1nnc(SCCN(C)C)o1. The number of Topliss-reactive ketones (excluding diaryl/α,β-unsaturated/α-hetero) is 1. The van der Waals surface area contributed by atoms with Crippen molar-refractivity contribution < 1.29 is 18.8 Å². The van der Waals surface area contributed by atoms with Crippen molar-refractivity contribution in [2.24, 2.45) is 11.8 Å². The molecule has 33 heavy (non-hydrogen) atoms. The highest BCUT2D eigenvalue weighted by atomic mass is 32.2. The molecule has 0 aromatic carbocycles. The highest BCUT2D eigenvalue weighted by Crippen LogP contribution is 2.33. The number of hydrogen-bond donors (Lipinski definition) is 2. The molecule has 9 nitrogen and oxygen atoms in total. The number of carbonyl (C=O) groups is 3. The number of thioether (sulfide) groups is 1. The van der Waals surface area contributed by atoms with Crippen LogP contribution in [0.25, 0.3) is 0 Å². The molecular formula is C23H37N5O4S. The van der Waals surface area contributed by atoms with Crippen molar-refractivity contribution in [3.05, 3.63) is 5.89 Å². The van der Waals surface area contributed by atoms with E-state index in [1.165, 1.54) is 11.8 Å². The molecule has 2 fully saturated rings. The molecule has 2 N–H and O–H groups in total. The number of ketones is 1. The fourth-order valence-electron chi connectivity index (χ4n) is 4.08. The van der Waals surface area contributed by atoms with E-state index in [2.05, 4.69) is 20.8 Å². The summed E-state index contributed by atoms with van der Waals surface area (Å²) >= 11 is 1.39. The van der Waals surface area contributed by atoms with E-state index >= 15 is 0 Å². The van der Waals surface area contributed by atoms with Gasteiger partial charge in [0.25, 0.3) is 11.1 Å². The number of aromatic nitrogens is 2. The van der Waals surface area contributed by atoms with Crippen LogP contribution in [0.2, 0.25) is 0 Å². The maximum atomic E-state index is 13.5. The molecule has 0 saturated heterocycles. The van der Waals surface area contributed by atoms with Gasteiger partial charge < -0.3 is 20.0 Å². The molecule has 1 aromatic rings. The molecule has 0 radical (unpaired) electrons. The van der Waals surface area contributed by atoms with E-state index in [-0.39, 0.29) is 35.3 Å². The van der Waals surface area contributed by atoms with Crippen LogP contribution in [0.15, 0.2) is 9.64 Å². The Morgan fingerprint density at radius 2 is 1.85 bits per heavy atom. The van der Waals surface area contributed by atoms with Crippen molar-refractivity contribution in [2.75, 3.05) is 26.4 Å². The molecule has 184 valence electrons. The second kappa shape index (κ2) is 11.5. The van der Waals surface area contributed by atoms with Crippen molar-refractivity contribution in [2.45, 2.75) is 82.0 Å². The number of nitrogens with zero attached hydrogens (tertiary/aromatic N) is 3. The van der Waals surface area contributed by atoms with Crippen LogP contribution in [0, 0.1) is 11.8 Å². The van der Waals surface area contributed by atoms with Gasteiger partial charge in [0.15, 0.2) is 0 Å². The first-order valence-corrected chi connectivity index (χ1v) is 13.0. The van der Waals surface area contributed by atoms with E-state index in [4.69, 9.17) is 4.42 Å². The molecule has 2 aliphatic rings. The summed E-state index contributed by atoms with van der Waals surface area (Å²) in [6, 6.07) is -0.783. The smallest absolute Gasteiger partial charge is 0.286 e. The summed E-state index contributed by atoms with van der Waals surface area (Å²) in [6.45, 7) is 4.83. The summed E-state index contributed by atoms with van der Waals surface area (Å²) in [6.07, 6.45) is 6.17. The largest absolute Gasteiger partial charge is 0.408 e. The van der Waals surface area contributed by atoms with Gasteiger partial charge in [-0.25, -0.2) is 0 Å². The first-order valence-electron chi connectivity index (χ1n) is 12.0. The lowest BCUT2D eigenvalue weighted by atomic mass is 9.80. The van der Waals surface area contributed by atoms with Gasteiger partial charge in [-0.15, -0.1) is 10.2 Å². The minimum atomic E-state index is -0.949. The third kappa shape index (κ3) is 7.27. The van der Waals surface area contributed by atoms with E-state index in [0.717, 1.165) is 44.4 Å². The third-order valence-electron chi connectivity index (χ3n) is 6.16. The van der Waals surface area contributed by atoms with Crippen LogP contribution in [0.3, 0.4) is 0 Å². The zero-order valence-corrected chi connectivity index (χ0v) is 21.0. The second-order valence-corrected chi connectivity index (χ2v) is 11.0. The number of rotatable bonds is 12. The van der Waals surface area contributed by atoms with Crippen molar-refractivity contribution in [1.82, 2.24) is 25.7 Å². The Labute approximate surface area is 200 Å². The molecule has 10 heteroatoms. The normalized spacial score (nSPS) is 18.8. The number of hydrogen-bond acceptors (Lipinski definition) is 8. The molecule has 0 aliphatic heterocycles. The van der Waals surface area contributed by atoms with Crippen molar-refractivity contribution >= 4 is 29.4 Å². The van der Waals surface area contributed by atoms with Gasteiger partial charge in [0.05, 0.1) is 6.04 Å². The molecule has 1 atom stereocenters. The van der Waals surface area contributed by atoms with Gasteiger partial charge in [-0.1, -0.05) is 44.9 Å². The molecule has 2 amide bonds. The van der Waals surface area contributed by atoms with Crippen LogP contribution in [0.4, 0.5) is 0 Å². The van der Waals surface area contributed by atoms with Crippen LogP contribution in [0.1, 0.15) is 75.9 Å². The number of nitrogens with one attached hydrogen (secondary N) is 2. The first kappa shape index (κ1) is 25.7. The summed E-state index contributed by atoms with van der Waals surface area (Å²) in [4.78, 5) is 41.3. The standard InChI is InChI=1S/C23H37N5O4S/c1-15(2)14-17(18(29)20-26-27-22(32-20)33-13-12-28(3)4)24-21(31)23(10-6-5-7-11-23)25-19(30)16-8-9-16/h15-17H,5-14H2,1-4H3,(H,24,31)(H,25,30). The Hall–Kier alpha value is -1.94. The average Bonchev–Trinajstić information content (AvgIpc) is 3.52. The van der Waals surface area contributed by atoms with Gasteiger partial charge in [0.1, 0.15) is 5.54 Å². The minimum absolute atomic E-state index is 0.0199. The number of amides is 2. The van der Waals surface area contributed by atoms with Crippen LogP contribution in [-0.2, 0) is 9.59 Å². The maximum absolute atomic E-state index is 13.5. The lowest BCUT2D eigenvalue weighted by molar-refractivity contribution is -0.136. The van der Waals surface area contributed by atoms with Crippen molar-refractivity contribution in [1.29, 1.82) is 0 Å². The minimum Gasteiger partial charge on any atom is -0.408 e. The van der Waals surface area contributed by atoms with Gasteiger partial charge in [-0.05, 0) is 52.1 Å². The molecule has 1 aromatic heterocycles. The predicted octanol–water partition coefficient (Wildman–Crippen LogP) is 2.67. The summed E-state index contributed by atoms with van der Waals surface area (Å²) < 4.78 is 5.60. The summed E-state index contributed by atoms with van der Waals surface area (Å²) in [5.41, 5.74) is -0.949. The first-order chi connectivity index (χ1) is 15.7. The fraction of sp³-hybridized carbons (Fsp3) is 0.783. The van der Waals surface area contributed by atoms with Crippen molar-refractivity contribution in [3.8, 4) is 0 Å². The molecule has 2 saturated carbocycles. The zero-order valence-electron chi connectivity index (χ0n) is 20.2. The molecule has 3 rings (SSSR count). The number of carbonyl (C=O) groups excluding carboxylic acids is 3.